The maximum absolute atomic E-state index is 10.0. The van der Waals surface area contributed by atoms with E-state index in [0.717, 1.165) is 12.0 Å². The Bertz CT molecular complexity index is 508. The highest BCUT2D eigenvalue weighted by Gasteiger charge is 2.33. The molecule has 22 heavy (non-hydrogen) atoms. The molecule has 0 saturated heterocycles. The van der Waals surface area contributed by atoms with E-state index in [4.69, 9.17) is 4.74 Å². The number of nitrogens with one attached hydrogen (secondary N) is 1. The zero-order chi connectivity index (χ0) is 16.4. The largest absolute Gasteiger partial charge is 0.491 e. The van der Waals surface area contributed by atoms with E-state index in [9.17, 15) is 15.3 Å². The van der Waals surface area contributed by atoms with E-state index in [0.29, 0.717) is 30.7 Å². The van der Waals surface area contributed by atoms with Crippen molar-refractivity contribution in [1.29, 1.82) is 0 Å². The highest BCUT2D eigenvalue weighted by Crippen LogP contribution is 2.37. The second-order valence-corrected chi connectivity index (χ2v) is 7.05. The number of ether oxygens (including phenoxy) is 1. The Kier molecular flexibility index (Phi) is 5.12. The molecule has 0 radical (unpaired) electrons. The molecule has 0 fully saturated rings. The first kappa shape index (κ1) is 17.2. The van der Waals surface area contributed by atoms with Gasteiger partial charge in [-0.15, -0.1) is 0 Å². The van der Waals surface area contributed by atoms with Gasteiger partial charge in [-0.3, -0.25) is 0 Å². The van der Waals surface area contributed by atoms with Crippen LogP contribution in [0.3, 0.4) is 0 Å². The lowest BCUT2D eigenvalue weighted by Crippen LogP contribution is -2.42. The van der Waals surface area contributed by atoms with Gasteiger partial charge < -0.3 is 25.4 Å². The van der Waals surface area contributed by atoms with Crippen molar-refractivity contribution in [3.8, 4) is 5.75 Å². The fourth-order valence-corrected chi connectivity index (χ4v) is 2.65. The monoisotopic (exact) mass is 309 g/mol. The SMILES string of the molecule is CC(C)(C)NCC(O)COc1cccc2c1CCCC2(O)O. The Morgan fingerprint density at radius 2 is 2.05 bits per heavy atom. The van der Waals surface area contributed by atoms with Crippen LogP contribution < -0.4 is 10.1 Å². The molecule has 0 saturated carbocycles. The molecule has 0 heterocycles. The number of β-amino-alcohol motifs (C(OH)–C–C–N with tert-alkyl or cyclic N) is 1. The molecule has 1 atom stereocenters. The molecule has 0 aliphatic heterocycles. The van der Waals surface area contributed by atoms with Gasteiger partial charge in [-0.05, 0) is 39.7 Å². The van der Waals surface area contributed by atoms with E-state index in [-0.39, 0.29) is 12.1 Å². The minimum absolute atomic E-state index is 0.0553. The first-order valence-electron chi connectivity index (χ1n) is 7.82. The molecule has 124 valence electrons. The van der Waals surface area contributed by atoms with Gasteiger partial charge >= 0.3 is 0 Å². The number of aliphatic hydroxyl groups excluding tert-OH is 1. The van der Waals surface area contributed by atoms with Crippen LogP contribution in [-0.2, 0) is 12.2 Å². The lowest BCUT2D eigenvalue weighted by molar-refractivity contribution is -0.179. The second kappa shape index (κ2) is 6.54. The Morgan fingerprint density at radius 1 is 1.32 bits per heavy atom. The van der Waals surface area contributed by atoms with Crippen LogP contribution in [-0.4, -0.2) is 40.1 Å². The smallest absolute Gasteiger partial charge is 0.190 e. The van der Waals surface area contributed by atoms with Gasteiger partial charge in [0.2, 0.25) is 0 Å². The molecule has 0 amide bonds. The third-order valence-electron chi connectivity index (χ3n) is 3.82. The van der Waals surface area contributed by atoms with Gasteiger partial charge in [0.1, 0.15) is 18.5 Å². The van der Waals surface area contributed by atoms with Gasteiger partial charge in [-0.1, -0.05) is 12.1 Å². The molecule has 1 unspecified atom stereocenters. The minimum atomic E-state index is -1.78. The first-order valence-corrected chi connectivity index (χ1v) is 7.82. The zero-order valence-corrected chi connectivity index (χ0v) is 13.6. The number of hydrogen-bond acceptors (Lipinski definition) is 5. The molecule has 1 aromatic rings. The summed E-state index contributed by atoms with van der Waals surface area (Å²) in [4.78, 5) is 0. The van der Waals surface area contributed by atoms with Crippen molar-refractivity contribution in [3.05, 3.63) is 29.3 Å². The maximum Gasteiger partial charge on any atom is 0.190 e. The number of hydrogen-bond donors (Lipinski definition) is 4. The summed E-state index contributed by atoms with van der Waals surface area (Å²) in [6, 6.07) is 5.28. The van der Waals surface area contributed by atoms with Crippen LogP contribution in [0.5, 0.6) is 5.75 Å². The summed E-state index contributed by atoms with van der Waals surface area (Å²) in [6.45, 7) is 6.73. The Balaban J connectivity index is 1.99. The summed E-state index contributed by atoms with van der Waals surface area (Å²) in [5.41, 5.74) is 1.29. The van der Waals surface area contributed by atoms with Gasteiger partial charge in [-0.25, -0.2) is 0 Å². The molecule has 1 aromatic carbocycles. The van der Waals surface area contributed by atoms with Crippen LogP contribution in [0, 0.1) is 0 Å². The molecule has 0 spiro atoms. The van der Waals surface area contributed by atoms with Crippen molar-refractivity contribution in [2.75, 3.05) is 13.2 Å². The van der Waals surface area contributed by atoms with Crippen molar-refractivity contribution in [1.82, 2.24) is 5.32 Å². The zero-order valence-electron chi connectivity index (χ0n) is 13.6. The predicted octanol–water partition coefficient (Wildman–Crippen LogP) is 1.29. The van der Waals surface area contributed by atoms with Crippen LogP contribution in [0.4, 0.5) is 0 Å². The van der Waals surface area contributed by atoms with Crippen molar-refractivity contribution in [2.45, 2.75) is 57.5 Å². The predicted molar refractivity (Wildman–Crippen MR) is 84.8 cm³/mol. The van der Waals surface area contributed by atoms with Gasteiger partial charge in [0, 0.05) is 29.6 Å². The fraction of sp³-hybridized carbons (Fsp3) is 0.647. The number of rotatable bonds is 5. The summed E-state index contributed by atoms with van der Waals surface area (Å²) in [5.74, 6) is -1.15. The highest BCUT2D eigenvalue weighted by molar-refractivity contribution is 5.43. The normalized spacial score (nSPS) is 18.6. The van der Waals surface area contributed by atoms with E-state index in [2.05, 4.69) is 5.32 Å². The molecular weight excluding hydrogens is 282 g/mol. The van der Waals surface area contributed by atoms with E-state index in [1.54, 1.807) is 12.1 Å². The molecule has 5 nitrogen and oxygen atoms in total. The van der Waals surface area contributed by atoms with Crippen molar-refractivity contribution in [3.63, 3.8) is 0 Å². The van der Waals surface area contributed by atoms with Crippen LogP contribution >= 0.6 is 0 Å². The second-order valence-electron chi connectivity index (χ2n) is 7.05. The first-order chi connectivity index (χ1) is 10.2. The summed E-state index contributed by atoms with van der Waals surface area (Å²) >= 11 is 0. The third kappa shape index (κ3) is 4.43. The molecule has 4 N–H and O–H groups in total. The Morgan fingerprint density at radius 3 is 2.73 bits per heavy atom. The lowest BCUT2D eigenvalue weighted by Gasteiger charge is -2.30. The molecule has 0 aromatic heterocycles. The number of benzene rings is 1. The van der Waals surface area contributed by atoms with Crippen LogP contribution in [0.25, 0.3) is 0 Å². The van der Waals surface area contributed by atoms with Gasteiger partial charge in [0.05, 0.1) is 0 Å². The fourth-order valence-electron chi connectivity index (χ4n) is 2.65. The van der Waals surface area contributed by atoms with Gasteiger partial charge in [-0.2, -0.15) is 0 Å². The van der Waals surface area contributed by atoms with Gasteiger partial charge in [0.25, 0.3) is 0 Å². The number of fused-ring (bicyclic) bond motifs is 1. The minimum Gasteiger partial charge on any atom is -0.491 e. The Hall–Kier alpha value is -1.14. The molecule has 5 heteroatoms. The van der Waals surface area contributed by atoms with E-state index in [1.807, 2.05) is 26.8 Å². The summed E-state index contributed by atoms with van der Waals surface area (Å²) in [7, 11) is 0. The average Bonchev–Trinajstić information content (AvgIpc) is 2.42. The van der Waals surface area contributed by atoms with E-state index >= 15 is 0 Å². The Labute approximate surface area is 131 Å². The molecule has 0 bridgehead atoms. The lowest BCUT2D eigenvalue weighted by atomic mass is 9.86. The summed E-state index contributed by atoms with van der Waals surface area (Å²) in [6.07, 6.45) is 1.17. The van der Waals surface area contributed by atoms with Crippen LogP contribution in [0.2, 0.25) is 0 Å². The highest BCUT2D eigenvalue weighted by atomic mass is 16.5. The van der Waals surface area contributed by atoms with E-state index in [1.165, 1.54) is 0 Å². The third-order valence-corrected chi connectivity index (χ3v) is 3.82. The van der Waals surface area contributed by atoms with Crippen LogP contribution in [0.15, 0.2) is 18.2 Å². The summed E-state index contributed by atoms with van der Waals surface area (Å²) in [5, 5.41) is 33.3. The number of aliphatic hydroxyl groups is 3. The molecule has 1 aliphatic rings. The molecule has 2 rings (SSSR count). The van der Waals surface area contributed by atoms with Crippen molar-refractivity contribution in [2.24, 2.45) is 0 Å². The molecular formula is C17H27NO4. The van der Waals surface area contributed by atoms with Crippen molar-refractivity contribution < 1.29 is 20.1 Å². The van der Waals surface area contributed by atoms with Crippen LogP contribution in [0.1, 0.15) is 44.7 Å². The maximum atomic E-state index is 10.0. The summed E-state index contributed by atoms with van der Waals surface area (Å²) < 4.78 is 5.71. The quantitative estimate of drug-likeness (QED) is 0.616. The van der Waals surface area contributed by atoms with Crippen molar-refractivity contribution >= 4 is 0 Å². The average molecular weight is 309 g/mol. The van der Waals surface area contributed by atoms with E-state index < -0.39 is 11.9 Å². The molecule has 1 aliphatic carbocycles. The topological polar surface area (TPSA) is 82.0 Å². The standard InChI is InChI=1S/C17H27NO4/c1-16(2,3)18-10-12(19)11-22-15-8-4-7-14-13(15)6-5-9-17(14,20)21/h4,7-8,12,18-21H,5-6,9-11H2,1-3H3. The van der Waals surface area contributed by atoms with Gasteiger partial charge in [0.15, 0.2) is 5.79 Å².